The molecule has 1 atom stereocenters. The predicted molar refractivity (Wildman–Crippen MR) is 60.5 cm³/mol. The topological polar surface area (TPSA) is 62.7 Å². The Balaban J connectivity index is 2.36. The van der Waals surface area contributed by atoms with Gasteiger partial charge in [-0.25, -0.2) is 9.78 Å². The summed E-state index contributed by atoms with van der Waals surface area (Å²) in [6.07, 6.45) is -1.12. The summed E-state index contributed by atoms with van der Waals surface area (Å²) in [5, 5.41) is 9.01. The number of halogens is 1. The first kappa shape index (κ1) is 11.2. The quantitative estimate of drug-likeness (QED) is 0.742. The summed E-state index contributed by atoms with van der Waals surface area (Å²) in [7, 11) is 0. The molecule has 16 heavy (non-hydrogen) atoms. The van der Waals surface area contributed by atoms with Crippen molar-refractivity contribution in [2.24, 2.45) is 0 Å². The summed E-state index contributed by atoms with van der Waals surface area (Å²) in [6.45, 7) is 2.45. The van der Waals surface area contributed by atoms with Gasteiger partial charge in [-0.1, -0.05) is 0 Å². The van der Waals surface area contributed by atoms with Crippen LogP contribution in [0.1, 0.15) is 12.6 Å². The van der Waals surface area contributed by atoms with Crippen LogP contribution in [0.5, 0.6) is 5.75 Å². The lowest BCUT2D eigenvalue weighted by molar-refractivity contribution is 0.121. The van der Waals surface area contributed by atoms with Crippen molar-refractivity contribution < 1.29 is 14.6 Å². The van der Waals surface area contributed by atoms with E-state index in [0.717, 1.165) is 0 Å². The third-order valence-electron chi connectivity index (χ3n) is 2.32. The lowest BCUT2D eigenvalue weighted by atomic mass is 10.3. The summed E-state index contributed by atoms with van der Waals surface area (Å²) < 4.78 is 6.28. The number of hydrogen-bond acceptors (Lipinski definition) is 3. The fourth-order valence-corrected chi connectivity index (χ4v) is 1.98. The molecular formula is C10H11BrN2O3. The van der Waals surface area contributed by atoms with E-state index < -0.39 is 6.09 Å². The maximum Gasteiger partial charge on any atom is 0.407 e. The van der Waals surface area contributed by atoms with E-state index >= 15 is 0 Å². The van der Waals surface area contributed by atoms with E-state index in [1.807, 2.05) is 6.92 Å². The molecule has 1 aromatic rings. The molecule has 0 unspecified atom stereocenters. The number of aromatic nitrogens is 1. The van der Waals surface area contributed by atoms with Crippen molar-refractivity contribution in [2.75, 3.05) is 6.54 Å². The molecule has 6 heteroatoms. The van der Waals surface area contributed by atoms with Crippen molar-refractivity contribution >= 4 is 22.0 Å². The average Bonchev–Trinajstić information content (AvgIpc) is 2.36. The van der Waals surface area contributed by atoms with Crippen LogP contribution in [-0.4, -0.2) is 33.7 Å². The van der Waals surface area contributed by atoms with Crippen LogP contribution >= 0.6 is 15.9 Å². The van der Waals surface area contributed by atoms with Gasteiger partial charge in [0.25, 0.3) is 0 Å². The van der Waals surface area contributed by atoms with Crippen LogP contribution in [0.4, 0.5) is 4.79 Å². The molecular weight excluding hydrogens is 276 g/mol. The second kappa shape index (κ2) is 4.29. The van der Waals surface area contributed by atoms with Crippen LogP contribution < -0.4 is 4.74 Å². The zero-order valence-corrected chi connectivity index (χ0v) is 10.3. The Morgan fingerprint density at radius 2 is 2.44 bits per heavy atom. The second-order valence-electron chi connectivity index (χ2n) is 3.67. The minimum atomic E-state index is -0.954. The molecule has 1 aromatic heterocycles. The molecule has 1 amide bonds. The van der Waals surface area contributed by atoms with Gasteiger partial charge >= 0.3 is 6.09 Å². The van der Waals surface area contributed by atoms with Gasteiger partial charge in [0.2, 0.25) is 0 Å². The van der Waals surface area contributed by atoms with Crippen molar-refractivity contribution in [1.82, 2.24) is 9.88 Å². The van der Waals surface area contributed by atoms with Gasteiger partial charge in [-0.15, -0.1) is 0 Å². The summed E-state index contributed by atoms with van der Waals surface area (Å²) in [5.41, 5.74) is 0.640. The van der Waals surface area contributed by atoms with Crippen LogP contribution in [0.25, 0.3) is 0 Å². The highest BCUT2D eigenvalue weighted by Gasteiger charge is 2.24. The number of carboxylic acid groups (broad SMARTS) is 1. The Labute approximate surface area is 101 Å². The highest BCUT2D eigenvalue weighted by atomic mass is 79.9. The van der Waals surface area contributed by atoms with E-state index in [1.54, 1.807) is 12.1 Å². The molecule has 5 nitrogen and oxygen atoms in total. The molecule has 0 aliphatic carbocycles. The van der Waals surface area contributed by atoms with Gasteiger partial charge < -0.3 is 9.84 Å². The largest absolute Gasteiger partial charge is 0.487 e. The summed E-state index contributed by atoms with van der Waals surface area (Å²) >= 11 is 3.26. The number of pyridine rings is 1. The lowest BCUT2D eigenvalue weighted by Gasteiger charge is -2.17. The lowest BCUT2D eigenvalue weighted by Crippen LogP contribution is -2.34. The minimum Gasteiger partial charge on any atom is -0.487 e. The average molecular weight is 287 g/mol. The minimum absolute atomic E-state index is 0.166. The van der Waals surface area contributed by atoms with E-state index in [4.69, 9.17) is 9.84 Å². The molecule has 0 aromatic carbocycles. The molecule has 2 heterocycles. The van der Waals surface area contributed by atoms with Gasteiger partial charge in [-0.3, -0.25) is 4.90 Å². The summed E-state index contributed by atoms with van der Waals surface area (Å²) in [4.78, 5) is 16.5. The van der Waals surface area contributed by atoms with E-state index in [-0.39, 0.29) is 12.6 Å². The first-order chi connectivity index (χ1) is 7.56. The van der Waals surface area contributed by atoms with E-state index in [1.165, 1.54) is 4.90 Å². The van der Waals surface area contributed by atoms with Gasteiger partial charge in [-0.2, -0.15) is 0 Å². The zero-order chi connectivity index (χ0) is 11.7. The van der Waals surface area contributed by atoms with Gasteiger partial charge in [-0.05, 0) is 35.0 Å². The highest BCUT2D eigenvalue weighted by Crippen LogP contribution is 2.25. The fraction of sp³-hybridized carbons (Fsp3) is 0.400. The molecule has 0 saturated carbocycles. The molecule has 0 spiro atoms. The van der Waals surface area contributed by atoms with Gasteiger partial charge in [0.15, 0.2) is 0 Å². The van der Waals surface area contributed by atoms with Crippen molar-refractivity contribution in [2.45, 2.75) is 19.6 Å². The van der Waals surface area contributed by atoms with Crippen molar-refractivity contribution in [1.29, 1.82) is 0 Å². The van der Waals surface area contributed by atoms with E-state index in [9.17, 15) is 4.79 Å². The molecule has 0 bridgehead atoms. The van der Waals surface area contributed by atoms with Crippen LogP contribution in [0, 0.1) is 0 Å². The summed E-state index contributed by atoms with van der Waals surface area (Å²) in [6, 6.07) is 3.58. The second-order valence-corrected chi connectivity index (χ2v) is 4.48. The Morgan fingerprint density at radius 3 is 3.12 bits per heavy atom. The Bertz CT molecular complexity index is 425. The maximum atomic E-state index is 11.0. The number of nitrogens with zero attached hydrogens (tertiary/aromatic N) is 2. The van der Waals surface area contributed by atoms with Crippen LogP contribution in [0.3, 0.4) is 0 Å². The van der Waals surface area contributed by atoms with Crippen molar-refractivity contribution in [3.05, 3.63) is 22.4 Å². The van der Waals surface area contributed by atoms with E-state index in [2.05, 4.69) is 20.9 Å². The van der Waals surface area contributed by atoms with Gasteiger partial charge in [0, 0.05) is 0 Å². The molecule has 0 saturated heterocycles. The predicted octanol–water partition coefficient (Wildman–Crippen LogP) is 2.10. The Kier molecular flexibility index (Phi) is 3.00. The monoisotopic (exact) mass is 286 g/mol. The molecule has 1 aliphatic rings. The number of carbonyl (C=O) groups is 1. The normalized spacial score (nSPS) is 19.6. The van der Waals surface area contributed by atoms with Crippen LogP contribution in [0.2, 0.25) is 0 Å². The molecule has 0 fully saturated rings. The van der Waals surface area contributed by atoms with Crippen molar-refractivity contribution in [3.8, 4) is 5.75 Å². The SMILES string of the molecule is C[C@H]1CN(C(=O)O)Cc2nc(Br)ccc2O1. The van der Waals surface area contributed by atoms with Gasteiger partial charge in [0.1, 0.15) is 22.2 Å². The molecule has 0 radical (unpaired) electrons. The number of ether oxygens (including phenoxy) is 1. The summed E-state index contributed by atoms with van der Waals surface area (Å²) in [5.74, 6) is 0.652. The molecule has 1 aliphatic heterocycles. The van der Waals surface area contributed by atoms with Gasteiger partial charge in [0.05, 0.1) is 13.1 Å². The van der Waals surface area contributed by atoms with Crippen LogP contribution in [-0.2, 0) is 6.54 Å². The van der Waals surface area contributed by atoms with Crippen molar-refractivity contribution in [3.63, 3.8) is 0 Å². The fourth-order valence-electron chi connectivity index (χ4n) is 1.64. The highest BCUT2D eigenvalue weighted by molar-refractivity contribution is 9.10. The first-order valence-corrected chi connectivity index (χ1v) is 5.65. The number of amides is 1. The number of rotatable bonds is 0. The molecule has 1 N–H and O–H groups in total. The van der Waals surface area contributed by atoms with E-state index in [0.29, 0.717) is 22.6 Å². The maximum absolute atomic E-state index is 11.0. The first-order valence-electron chi connectivity index (χ1n) is 4.86. The Morgan fingerprint density at radius 1 is 1.69 bits per heavy atom. The molecule has 86 valence electrons. The number of hydrogen-bond donors (Lipinski definition) is 1. The standard InChI is InChI=1S/C10H11BrN2O3/c1-6-4-13(10(14)15)5-7-8(16-6)2-3-9(11)12-7/h2-3,6H,4-5H2,1H3,(H,14,15)/t6-/m0/s1. The third-order valence-corrected chi connectivity index (χ3v) is 2.76. The smallest absolute Gasteiger partial charge is 0.407 e. The van der Waals surface area contributed by atoms with Crippen LogP contribution in [0.15, 0.2) is 16.7 Å². The number of fused-ring (bicyclic) bond motifs is 1. The third kappa shape index (κ3) is 2.27. The molecule has 2 rings (SSSR count). The Hall–Kier alpha value is -1.30. The zero-order valence-electron chi connectivity index (χ0n) is 8.68.